The first-order chi connectivity index (χ1) is 20.0. The van der Waals surface area contributed by atoms with Gasteiger partial charge in [0.1, 0.15) is 36.6 Å². The Kier molecular flexibility index (Phi) is 16.6. The number of aliphatic hydroxyl groups excluding tert-OH is 5. The fourth-order valence-electron chi connectivity index (χ4n) is 5.21. The number of carbonyl (C=O) groups is 1. The van der Waals surface area contributed by atoms with Crippen LogP contribution < -0.4 is 5.73 Å². The van der Waals surface area contributed by atoms with Crippen molar-refractivity contribution < 1.29 is 58.7 Å². The summed E-state index contributed by atoms with van der Waals surface area (Å²) in [6.07, 6.45) is -7.88. The van der Waals surface area contributed by atoms with E-state index in [9.17, 15) is 30.3 Å². The average molecular weight is 610 g/mol. The van der Waals surface area contributed by atoms with Crippen molar-refractivity contribution in [1.82, 2.24) is 0 Å². The van der Waals surface area contributed by atoms with Gasteiger partial charge in [0, 0.05) is 6.61 Å². The molecule has 7 N–H and O–H groups in total. The van der Waals surface area contributed by atoms with Crippen LogP contribution in [0.2, 0.25) is 0 Å². The van der Waals surface area contributed by atoms with E-state index < -0.39 is 86.1 Å². The molecule has 2 aliphatic heterocycles. The van der Waals surface area contributed by atoms with Crippen molar-refractivity contribution in [3.63, 3.8) is 0 Å². The Morgan fingerprint density at radius 3 is 2.31 bits per heavy atom. The first kappa shape index (κ1) is 37.2. The zero-order chi connectivity index (χ0) is 31.4. The molecule has 0 aromatic rings. The number of hydrogen-bond donors (Lipinski definition) is 6. The van der Waals surface area contributed by atoms with Gasteiger partial charge in [0.2, 0.25) is 5.91 Å². The second-order valence-electron chi connectivity index (χ2n) is 11.6. The van der Waals surface area contributed by atoms with E-state index in [0.717, 1.165) is 6.42 Å². The molecule has 2 aliphatic rings. The fraction of sp³-hybridized carbons (Fsp3) is 0.966. The van der Waals surface area contributed by atoms with Crippen molar-refractivity contribution in [2.24, 2.45) is 11.7 Å². The number of nitrogens with two attached hydrogens (primary N) is 1. The average Bonchev–Trinajstić information content (AvgIpc) is 2.97. The van der Waals surface area contributed by atoms with Crippen molar-refractivity contribution in [3.05, 3.63) is 0 Å². The first-order valence-electron chi connectivity index (χ1n) is 15.4. The van der Waals surface area contributed by atoms with E-state index in [1.807, 2.05) is 20.8 Å². The van der Waals surface area contributed by atoms with Crippen LogP contribution in [0.5, 0.6) is 0 Å². The van der Waals surface area contributed by atoms with E-state index >= 15 is 0 Å². The lowest BCUT2D eigenvalue weighted by atomic mass is 9.93. The summed E-state index contributed by atoms with van der Waals surface area (Å²) in [6.45, 7) is 8.44. The number of aliphatic hydroxyl groups is 5. The van der Waals surface area contributed by atoms with Crippen LogP contribution in [0.25, 0.3) is 0 Å². The predicted octanol–water partition coefficient (Wildman–Crippen LogP) is 0.345. The Bertz CT molecular complexity index is 760. The molecular weight excluding hydrogens is 554 g/mol. The quantitative estimate of drug-likeness (QED) is 0.131. The summed E-state index contributed by atoms with van der Waals surface area (Å²) in [6, 6.07) is 0. The molecule has 13 nitrogen and oxygen atoms in total. The molecule has 13 atom stereocenters. The molecule has 2 fully saturated rings. The standard InChI is InChI=1S/C29H55NO12/c1-6-11-19(24(16(3)7-2)42-28(22(34)18(5)33)38-17(4)14-31)40-29-26-25(23(35)21(15-32)41-29)39-20(27(30)36)12-9-8-10-13-37-26/h16-26,28-29,31-35H,6-15H2,1-5H3,(H2,30,36). The highest BCUT2D eigenvalue weighted by Gasteiger charge is 2.50. The molecule has 248 valence electrons. The van der Waals surface area contributed by atoms with E-state index in [2.05, 4.69) is 0 Å². The van der Waals surface area contributed by atoms with E-state index in [4.69, 9.17) is 34.2 Å². The van der Waals surface area contributed by atoms with E-state index in [0.29, 0.717) is 45.1 Å². The van der Waals surface area contributed by atoms with Crippen LogP contribution in [-0.2, 0) is 33.2 Å². The van der Waals surface area contributed by atoms with Gasteiger partial charge in [0.15, 0.2) is 12.6 Å². The number of carbonyl (C=O) groups excluding carboxylic acids is 1. The van der Waals surface area contributed by atoms with Crippen molar-refractivity contribution >= 4 is 5.91 Å². The molecule has 2 rings (SSSR count). The summed E-state index contributed by atoms with van der Waals surface area (Å²) < 4.78 is 36.9. The molecule has 13 heteroatoms. The van der Waals surface area contributed by atoms with Crippen LogP contribution in [0.3, 0.4) is 0 Å². The van der Waals surface area contributed by atoms with Crippen LogP contribution in [-0.4, -0.2) is 125 Å². The Balaban J connectivity index is 2.44. The van der Waals surface area contributed by atoms with Crippen LogP contribution in [0.15, 0.2) is 0 Å². The summed E-state index contributed by atoms with van der Waals surface area (Å²) in [5.74, 6) is -0.766. The third kappa shape index (κ3) is 10.6. The maximum absolute atomic E-state index is 12.2. The Hall–Kier alpha value is -0.970. The molecule has 0 aromatic carbocycles. The number of rotatable bonds is 16. The number of ether oxygens (including phenoxy) is 6. The van der Waals surface area contributed by atoms with E-state index in [1.54, 1.807) is 6.92 Å². The second-order valence-corrected chi connectivity index (χ2v) is 11.6. The van der Waals surface area contributed by atoms with Crippen LogP contribution in [0.1, 0.15) is 79.6 Å². The number of fused-ring (bicyclic) bond motifs is 1. The number of amides is 1. The van der Waals surface area contributed by atoms with Crippen LogP contribution >= 0.6 is 0 Å². The third-order valence-corrected chi connectivity index (χ3v) is 8.00. The van der Waals surface area contributed by atoms with E-state index in [1.165, 1.54) is 6.92 Å². The minimum atomic E-state index is -1.40. The summed E-state index contributed by atoms with van der Waals surface area (Å²) >= 11 is 0. The number of hydrogen-bond acceptors (Lipinski definition) is 12. The maximum Gasteiger partial charge on any atom is 0.246 e. The fourth-order valence-corrected chi connectivity index (χ4v) is 5.21. The van der Waals surface area contributed by atoms with Gasteiger partial charge < -0.3 is 59.7 Å². The zero-order valence-corrected chi connectivity index (χ0v) is 25.7. The normalized spacial score (nSPS) is 32.5. The first-order valence-corrected chi connectivity index (χ1v) is 15.4. The molecule has 0 aromatic heterocycles. The molecule has 0 spiro atoms. The van der Waals surface area contributed by atoms with Gasteiger partial charge in [-0.15, -0.1) is 0 Å². The largest absolute Gasteiger partial charge is 0.394 e. The summed E-state index contributed by atoms with van der Waals surface area (Å²) in [5.41, 5.74) is 5.61. The Morgan fingerprint density at radius 2 is 1.74 bits per heavy atom. The van der Waals surface area contributed by atoms with Crippen molar-refractivity contribution in [2.75, 3.05) is 19.8 Å². The van der Waals surface area contributed by atoms with Crippen LogP contribution in [0.4, 0.5) is 0 Å². The van der Waals surface area contributed by atoms with Crippen LogP contribution in [0, 0.1) is 5.92 Å². The maximum atomic E-state index is 12.2. The molecule has 0 radical (unpaired) electrons. The highest BCUT2D eigenvalue weighted by Crippen LogP contribution is 2.33. The molecule has 0 bridgehead atoms. The van der Waals surface area contributed by atoms with Crippen molar-refractivity contribution in [3.8, 4) is 0 Å². The monoisotopic (exact) mass is 609 g/mol. The minimum absolute atomic E-state index is 0.114. The van der Waals surface area contributed by atoms with Gasteiger partial charge in [0.25, 0.3) is 0 Å². The molecule has 13 unspecified atom stereocenters. The van der Waals surface area contributed by atoms with Gasteiger partial charge in [-0.25, -0.2) is 0 Å². The van der Waals surface area contributed by atoms with Gasteiger partial charge in [0.05, 0.1) is 37.6 Å². The van der Waals surface area contributed by atoms with Crippen molar-refractivity contribution in [1.29, 1.82) is 0 Å². The smallest absolute Gasteiger partial charge is 0.246 e. The summed E-state index contributed by atoms with van der Waals surface area (Å²) in [5, 5.41) is 51.5. The lowest BCUT2D eigenvalue weighted by Crippen LogP contribution is -2.63. The topological polar surface area (TPSA) is 200 Å². The second kappa shape index (κ2) is 18.7. The zero-order valence-electron chi connectivity index (χ0n) is 25.7. The van der Waals surface area contributed by atoms with Gasteiger partial charge in [-0.05, 0) is 39.0 Å². The SMILES string of the molecule is CCCC(OC1OC(CO)C(O)C2OC(C(N)=O)CCCCCOC12)C(OC(OC(C)CO)C(O)C(C)O)C(C)CC. The highest BCUT2D eigenvalue weighted by molar-refractivity contribution is 5.78. The highest BCUT2D eigenvalue weighted by atomic mass is 16.7. The van der Waals surface area contributed by atoms with Gasteiger partial charge in [-0.3, -0.25) is 4.79 Å². The third-order valence-electron chi connectivity index (χ3n) is 8.00. The van der Waals surface area contributed by atoms with Gasteiger partial charge in [-0.2, -0.15) is 0 Å². The summed E-state index contributed by atoms with van der Waals surface area (Å²) in [7, 11) is 0. The molecule has 2 heterocycles. The Labute approximate surface area is 249 Å². The minimum Gasteiger partial charge on any atom is -0.394 e. The predicted molar refractivity (Wildman–Crippen MR) is 151 cm³/mol. The molecule has 0 aliphatic carbocycles. The molecular formula is C29H55NO12. The number of primary amides is 1. The molecule has 2 saturated heterocycles. The Morgan fingerprint density at radius 1 is 1.02 bits per heavy atom. The van der Waals surface area contributed by atoms with Crippen molar-refractivity contribution in [2.45, 2.75) is 153 Å². The van der Waals surface area contributed by atoms with E-state index in [-0.39, 0.29) is 12.5 Å². The lowest BCUT2D eigenvalue weighted by Gasteiger charge is -2.46. The molecule has 0 saturated carbocycles. The lowest BCUT2D eigenvalue weighted by molar-refractivity contribution is -0.343. The summed E-state index contributed by atoms with van der Waals surface area (Å²) in [4.78, 5) is 12.2. The van der Waals surface area contributed by atoms with Gasteiger partial charge >= 0.3 is 0 Å². The molecule has 1 amide bonds. The molecule has 42 heavy (non-hydrogen) atoms. The van der Waals surface area contributed by atoms with Gasteiger partial charge in [-0.1, -0.05) is 46.5 Å².